The van der Waals surface area contributed by atoms with Crippen molar-refractivity contribution >= 4 is 11.7 Å². The molecule has 1 aromatic rings. The molecule has 2 unspecified atom stereocenters. The first-order valence-corrected chi connectivity index (χ1v) is 6.66. The van der Waals surface area contributed by atoms with Crippen molar-refractivity contribution in [1.82, 2.24) is 15.3 Å². The van der Waals surface area contributed by atoms with Crippen molar-refractivity contribution in [2.75, 3.05) is 25.0 Å². The summed E-state index contributed by atoms with van der Waals surface area (Å²) in [6, 6.07) is 0. The van der Waals surface area contributed by atoms with E-state index in [1.54, 1.807) is 6.20 Å². The molecular formula is C13H20N4O2. The summed E-state index contributed by atoms with van der Waals surface area (Å²) in [6.07, 6.45) is 4.28. The zero-order valence-electron chi connectivity index (χ0n) is 11.3. The lowest BCUT2D eigenvalue weighted by molar-refractivity contribution is 0.0903. The minimum absolute atomic E-state index is 0.189. The molecule has 1 aromatic heterocycles. The number of carbonyl (C=O) groups excluding carboxylic acids is 1. The molecule has 2 heterocycles. The summed E-state index contributed by atoms with van der Waals surface area (Å²) in [5.41, 5.74) is 0.338. The predicted molar refractivity (Wildman–Crippen MR) is 72.0 cm³/mol. The van der Waals surface area contributed by atoms with Crippen molar-refractivity contribution in [2.45, 2.75) is 26.4 Å². The highest BCUT2D eigenvalue weighted by atomic mass is 16.5. The van der Waals surface area contributed by atoms with Crippen LogP contribution in [0.5, 0.6) is 0 Å². The standard InChI is InChI=1S/C13H20N4O2/c1-3-15-12-8-14-7-11(17-12)13(18)16-6-10-4-5-19-9(10)2/h7-10H,3-6H2,1-2H3,(H,15,17)(H,16,18). The smallest absolute Gasteiger partial charge is 0.271 e. The number of hydrogen-bond donors (Lipinski definition) is 2. The summed E-state index contributed by atoms with van der Waals surface area (Å²) in [5, 5.41) is 5.92. The van der Waals surface area contributed by atoms with Crippen LogP contribution in [0.2, 0.25) is 0 Å². The Morgan fingerprint density at radius 3 is 3.05 bits per heavy atom. The van der Waals surface area contributed by atoms with E-state index in [0.717, 1.165) is 19.6 Å². The largest absolute Gasteiger partial charge is 0.378 e. The number of aromatic nitrogens is 2. The van der Waals surface area contributed by atoms with E-state index in [0.29, 0.717) is 24.0 Å². The lowest BCUT2D eigenvalue weighted by Gasteiger charge is -2.14. The number of anilines is 1. The molecule has 104 valence electrons. The van der Waals surface area contributed by atoms with Gasteiger partial charge in [0.15, 0.2) is 0 Å². The number of carbonyl (C=O) groups is 1. The van der Waals surface area contributed by atoms with Crippen molar-refractivity contribution in [3.63, 3.8) is 0 Å². The van der Waals surface area contributed by atoms with E-state index >= 15 is 0 Å². The Kier molecular flexibility index (Phi) is 4.68. The van der Waals surface area contributed by atoms with Gasteiger partial charge in [0.05, 0.1) is 18.5 Å². The predicted octanol–water partition coefficient (Wildman–Crippen LogP) is 1.06. The van der Waals surface area contributed by atoms with Gasteiger partial charge in [0.25, 0.3) is 5.91 Å². The lowest BCUT2D eigenvalue weighted by Crippen LogP contribution is -2.32. The van der Waals surface area contributed by atoms with E-state index in [4.69, 9.17) is 4.74 Å². The highest BCUT2D eigenvalue weighted by molar-refractivity contribution is 5.92. The van der Waals surface area contributed by atoms with Crippen LogP contribution in [0.1, 0.15) is 30.8 Å². The number of ether oxygens (including phenoxy) is 1. The summed E-state index contributed by atoms with van der Waals surface area (Å²) < 4.78 is 5.47. The van der Waals surface area contributed by atoms with Crippen LogP contribution in [0.25, 0.3) is 0 Å². The van der Waals surface area contributed by atoms with Gasteiger partial charge in [-0.25, -0.2) is 4.98 Å². The third kappa shape index (κ3) is 3.64. The number of amides is 1. The fourth-order valence-corrected chi connectivity index (χ4v) is 2.10. The van der Waals surface area contributed by atoms with Gasteiger partial charge >= 0.3 is 0 Å². The maximum atomic E-state index is 12.0. The zero-order valence-corrected chi connectivity index (χ0v) is 11.3. The van der Waals surface area contributed by atoms with Crippen molar-refractivity contribution in [3.05, 3.63) is 18.1 Å². The van der Waals surface area contributed by atoms with Crippen LogP contribution in [-0.2, 0) is 4.74 Å². The highest BCUT2D eigenvalue weighted by Crippen LogP contribution is 2.19. The molecule has 2 atom stereocenters. The Labute approximate surface area is 113 Å². The molecule has 0 saturated carbocycles. The van der Waals surface area contributed by atoms with Gasteiger partial charge in [-0.1, -0.05) is 0 Å². The molecule has 1 amide bonds. The molecule has 0 spiro atoms. The Hall–Kier alpha value is -1.69. The topological polar surface area (TPSA) is 76.1 Å². The number of rotatable bonds is 5. The van der Waals surface area contributed by atoms with Crippen LogP contribution in [0.3, 0.4) is 0 Å². The van der Waals surface area contributed by atoms with E-state index in [2.05, 4.69) is 20.6 Å². The SMILES string of the molecule is CCNc1cncc(C(=O)NCC2CCOC2C)n1. The molecule has 0 radical (unpaired) electrons. The number of hydrogen-bond acceptors (Lipinski definition) is 5. The molecule has 1 fully saturated rings. The average molecular weight is 264 g/mol. The Morgan fingerprint density at radius 2 is 2.37 bits per heavy atom. The fraction of sp³-hybridized carbons (Fsp3) is 0.615. The van der Waals surface area contributed by atoms with Gasteiger partial charge in [-0.15, -0.1) is 0 Å². The Morgan fingerprint density at radius 1 is 1.53 bits per heavy atom. The number of nitrogens with one attached hydrogen (secondary N) is 2. The van der Waals surface area contributed by atoms with Gasteiger partial charge < -0.3 is 15.4 Å². The molecule has 2 rings (SSSR count). The summed E-state index contributed by atoms with van der Waals surface area (Å²) in [6.45, 7) is 6.15. The van der Waals surface area contributed by atoms with Crippen LogP contribution < -0.4 is 10.6 Å². The fourth-order valence-electron chi connectivity index (χ4n) is 2.10. The quantitative estimate of drug-likeness (QED) is 0.831. The van der Waals surface area contributed by atoms with Crippen molar-refractivity contribution in [2.24, 2.45) is 5.92 Å². The van der Waals surface area contributed by atoms with Crippen LogP contribution in [-0.4, -0.2) is 41.7 Å². The van der Waals surface area contributed by atoms with Gasteiger partial charge in [0.2, 0.25) is 0 Å². The molecule has 1 aliphatic heterocycles. The monoisotopic (exact) mass is 264 g/mol. The minimum atomic E-state index is -0.189. The molecule has 0 bridgehead atoms. The third-order valence-corrected chi connectivity index (χ3v) is 3.28. The maximum absolute atomic E-state index is 12.0. The molecule has 1 aliphatic rings. The van der Waals surface area contributed by atoms with E-state index in [1.165, 1.54) is 6.20 Å². The third-order valence-electron chi connectivity index (χ3n) is 3.28. The van der Waals surface area contributed by atoms with Crippen LogP contribution in [0, 0.1) is 5.92 Å². The molecular weight excluding hydrogens is 244 g/mol. The molecule has 6 nitrogen and oxygen atoms in total. The highest BCUT2D eigenvalue weighted by Gasteiger charge is 2.24. The van der Waals surface area contributed by atoms with Gasteiger partial charge in [0.1, 0.15) is 11.5 Å². The Bertz CT molecular complexity index is 438. The first-order valence-electron chi connectivity index (χ1n) is 6.66. The van der Waals surface area contributed by atoms with Gasteiger partial charge in [0, 0.05) is 25.6 Å². The van der Waals surface area contributed by atoms with Crippen molar-refractivity contribution in [3.8, 4) is 0 Å². The molecule has 0 aromatic carbocycles. The van der Waals surface area contributed by atoms with Crippen molar-refractivity contribution < 1.29 is 9.53 Å². The summed E-state index contributed by atoms with van der Waals surface area (Å²) in [7, 11) is 0. The minimum Gasteiger partial charge on any atom is -0.378 e. The van der Waals surface area contributed by atoms with E-state index in [-0.39, 0.29) is 12.0 Å². The second kappa shape index (κ2) is 6.47. The second-order valence-electron chi connectivity index (χ2n) is 4.65. The van der Waals surface area contributed by atoms with Gasteiger partial charge in [-0.3, -0.25) is 9.78 Å². The van der Waals surface area contributed by atoms with E-state index < -0.39 is 0 Å². The normalized spacial score (nSPS) is 22.2. The van der Waals surface area contributed by atoms with Crippen molar-refractivity contribution in [1.29, 1.82) is 0 Å². The van der Waals surface area contributed by atoms with Crippen LogP contribution in [0.4, 0.5) is 5.82 Å². The zero-order chi connectivity index (χ0) is 13.7. The summed E-state index contributed by atoms with van der Waals surface area (Å²) >= 11 is 0. The van der Waals surface area contributed by atoms with E-state index in [1.807, 2.05) is 13.8 Å². The second-order valence-corrected chi connectivity index (χ2v) is 4.65. The number of nitrogens with zero attached hydrogens (tertiary/aromatic N) is 2. The van der Waals surface area contributed by atoms with Gasteiger partial charge in [-0.2, -0.15) is 0 Å². The molecule has 19 heavy (non-hydrogen) atoms. The lowest BCUT2D eigenvalue weighted by atomic mass is 10.0. The molecule has 1 saturated heterocycles. The first-order chi connectivity index (χ1) is 9.20. The first kappa shape index (κ1) is 13.7. The molecule has 0 aliphatic carbocycles. The van der Waals surface area contributed by atoms with Gasteiger partial charge in [-0.05, 0) is 20.3 Å². The average Bonchev–Trinajstić information content (AvgIpc) is 2.82. The molecule has 2 N–H and O–H groups in total. The van der Waals surface area contributed by atoms with E-state index in [9.17, 15) is 4.79 Å². The summed E-state index contributed by atoms with van der Waals surface area (Å²) in [4.78, 5) is 20.2. The molecule has 6 heteroatoms. The Balaban J connectivity index is 1.90. The van der Waals surface area contributed by atoms with Crippen LogP contribution >= 0.6 is 0 Å². The maximum Gasteiger partial charge on any atom is 0.271 e. The summed E-state index contributed by atoms with van der Waals surface area (Å²) in [5.74, 6) is 0.813. The van der Waals surface area contributed by atoms with Crippen LogP contribution in [0.15, 0.2) is 12.4 Å².